The van der Waals surface area contributed by atoms with Crippen molar-refractivity contribution in [2.24, 2.45) is 0 Å². The first kappa shape index (κ1) is 20.3. The third kappa shape index (κ3) is 3.62. The Labute approximate surface area is 171 Å². The highest BCUT2D eigenvalue weighted by molar-refractivity contribution is 6.31. The van der Waals surface area contributed by atoms with E-state index in [0.717, 1.165) is 10.2 Å². The number of fused-ring (bicyclic) bond motifs is 1. The van der Waals surface area contributed by atoms with Crippen LogP contribution in [0.2, 0.25) is 5.02 Å². The molecule has 0 aliphatic carbocycles. The minimum absolute atomic E-state index is 0.0410. The van der Waals surface area contributed by atoms with Gasteiger partial charge in [-0.1, -0.05) is 11.6 Å². The van der Waals surface area contributed by atoms with Gasteiger partial charge in [-0.15, -0.1) is 10.2 Å². The average Bonchev–Trinajstić information content (AvgIpc) is 3.39. The summed E-state index contributed by atoms with van der Waals surface area (Å²) in [6, 6.07) is 1.85. The van der Waals surface area contributed by atoms with E-state index in [-0.39, 0.29) is 23.1 Å². The maximum atomic E-state index is 13.3. The molecule has 0 fully saturated rings. The van der Waals surface area contributed by atoms with Gasteiger partial charge in [0.2, 0.25) is 5.89 Å². The van der Waals surface area contributed by atoms with Crippen molar-refractivity contribution < 1.29 is 22.0 Å². The van der Waals surface area contributed by atoms with Gasteiger partial charge in [-0.05, 0) is 19.9 Å². The van der Waals surface area contributed by atoms with Crippen LogP contribution in [-0.4, -0.2) is 34.6 Å². The van der Waals surface area contributed by atoms with Gasteiger partial charge in [0.1, 0.15) is 11.4 Å². The molecular formula is C17H14ClF4N7O. The van der Waals surface area contributed by atoms with Crippen LogP contribution >= 0.6 is 11.6 Å². The second kappa shape index (κ2) is 7.67. The van der Waals surface area contributed by atoms with E-state index in [4.69, 9.17) is 16.0 Å². The molecule has 4 heterocycles. The predicted molar refractivity (Wildman–Crippen MR) is 96.6 cm³/mol. The molecule has 0 atom stereocenters. The molecule has 8 nitrogen and oxygen atoms in total. The van der Waals surface area contributed by atoms with Crippen molar-refractivity contribution in [1.82, 2.24) is 34.6 Å². The number of halogens is 5. The van der Waals surface area contributed by atoms with Crippen molar-refractivity contribution in [1.29, 1.82) is 0 Å². The van der Waals surface area contributed by atoms with Crippen LogP contribution in [0.5, 0.6) is 0 Å². The minimum atomic E-state index is -3.02. The first-order chi connectivity index (χ1) is 14.2. The Hall–Kier alpha value is -3.02. The molecule has 13 heteroatoms. The van der Waals surface area contributed by atoms with Crippen molar-refractivity contribution >= 4 is 17.2 Å². The van der Waals surface area contributed by atoms with Gasteiger partial charge in [-0.25, -0.2) is 27.1 Å². The summed E-state index contributed by atoms with van der Waals surface area (Å²) < 4.78 is 60.5. The van der Waals surface area contributed by atoms with Gasteiger partial charge >= 0.3 is 0 Å². The zero-order valence-electron chi connectivity index (χ0n) is 15.7. The average molecular weight is 444 g/mol. The molecule has 0 aromatic carbocycles. The van der Waals surface area contributed by atoms with Gasteiger partial charge in [0.25, 0.3) is 18.7 Å². The third-order valence-corrected chi connectivity index (χ3v) is 4.99. The highest BCUT2D eigenvalue weighted by Crippen LogP contribution is 2.27. The third-order valence-electron chi connectivity index (χ3n) is 4.44. The van der Waals surface area contributed by atoms with E-state index in [9.17, 15) is 17.6 Å². The molecular weight excluding hydrogens is 430 g/mol. The number of hydrogen-bond donors (Lipinski definition) is 0. The van der Waals surface area contributed by atoms with E-state index in [1.807, 2.05) is 6.92 Å². The molecule has 0 saturated heterocycles. The van der Waals surface area contributed by atoms with Gasteiger partial charge in [0.15, 0.2) is 11.3 Å². The summed E-state index contributed by atoms with van der Waals surface area (Å²) >= 11 is 6.12. The second-order valence-electron chi connectivity index (χ2n) is 6.47. The van der Waals surface area contributed by atoms with Crippen LogP contribution in [0.25, 0.3) is 17.2 Å². The van der Waals surface area contributed by atoms with Gasteiger partial charge in [-0.3, -0.25) is 4.68 Å². The summed E-state index contributed by atoms with van der Waals surface area (Å²) in [7, 11) is 0. The van der Waals surface area contributed by atoms with E-state index in [1.54, 1.807) is 11.6 Å². The molecule has 0 N–H and O–H groups in total. The molecule has 0 unspecified atom stereocenters. The van der Waals surface area contributed by atoms with Crippen LogP contribution < -0.4 is 0 Å². The van der Waals surface area contributed by atoms with Gasteiger partial charge in [0.05, 0.1) is 16.4 Å². The van der Waals surface area contributed by atoms with Crippen molar-refractivity contribution in [2.75, 3.05) is 0 Å². The summed E-state index contributed by atoms with van der Waals surface area (Å²) in [5.41, 5.74) is -0.0918. The predicted octanol–water partition coefficient (Wildman–Crippen LogP) is 4.36. The maximum absolute atomic E-state index is 13.3. The van der Waals surface area contributed by atoms with Gasteiger partial charge in [0, 0.05) is 19.0 Å². The summed E-state index contributed by atoms with van der Waals surface area (Å²) in [4.78, 5) is 3.67. The number of aryl methyl sites for hydroxylation is 3. The Morgan fingerprint density at radius 2 is 1.83 bits per heavy atom. The molecule has 0 aliphatic heterocycles. The Morgan fingerprint density at radius 3 is 2.47 bits per heavy atom. The molecule has 0 amide bonds. The monoisotopic (exact) mass is 443 g/mol. The molecule has 4 aromatic rings. The molecule has 0 bridgehead atoms. The SMILES string of the molecule is Cc1nn(CCc2nnc(-c3cc4nc(C(F)F)cc(C(F)F)n4n3)o2)c(C)c1Cl. The maximum Gasteiger partial charge on any atom is 0.280 e. The lowest BCUT2D eigenvalue weighted by Crippen LogP contribution is -2.05. The summed E-state index contributed by atoms with van der Waals surface area (Å²) in [6.45, 7) is 4.06. The second-order valence-corrected chi connectivity index (χ2v) is 6.84. The van der Waals surface area contributed by atoms with E-state index in [2.05, 4.69) is 25.4 Å². The van der Waals surface area contributed by atoms with Crippen LogP contribution in [0.3, 0.4) is 0 Å². The smallest absolute Gasteiger partial charge is 0.280 e. The number of aromatic nitrogens is 7. The molecule has 158 valence electrons. The minimum Gasteiger partial charge on any atom is -0.419 e. The summed E-state index contributed by atoms with van der Waals surface area (Å²) in [6.07, 6.45) is -5.68. The van der Waals surface area contributed by atoms with Crippen molar-refractivity contribution in [3.8, 4) is 11.6 Å². The first-order valence-corrected chi connectivity index (χ1v) is 9.11. The van der Waals surface area contributed by atoms with Crippen LogP contribution in [0.4, 0.5) is 17.6 Å². The van der Waals surface area contributed by atoms with Crippen LogP contribution in [0.1, 0.15) is 41.5 Å². The van der Waals surface area contributed by atoms with Crippen LogP contribution in [0, 0.1) is 13.8 Å². The molecule has 4 aromatic heterocycles. The van der Waals surface area contributed by atoms with E-state index < -0.39 is 24.2 Å². The van der Waals surface area contributed by atoms with E-state index >= 15 is 0 Å². The number of rotatable bonds is 6. The fourth-order valence-electron chi connectivity index (χ4n) is 2.94. The normalized spacial score (nSPS) is 12.0. The Kier molecular flexibility index (Phi) is 5.18. The van der Waals surface area contributed by atoms with Crippen LogP contribution in [0.15, 0.2) is 16.5 Å². The lowest BCUT2D eigenvalue weighted by molar-refractivity contribution is 0.135. The van der Waals surface area contributed by atoms with E-state index in [0.29, 0.717) is 29.7 Å². The quantitative estimate of drug-likeness (QED) is 0.411. The fourth-order valence-corrected chi connectivity index (χ4v) is 3.08. The zero-order valence-corrected chi connectivity index (χ0v) is 16.4. The van der Waals surface area contributed by atoms with E-state index in [1.165, 1.54) is 6.07 Å². The van der Waals surface area contributed by atoms with Crippen molar-refractivity contribution in [3.63, 3.8) is 0 Å². The zero-order chi connectivity index (χ0) is 21.6. The van der Waals surface area contributed by atoms with Gasteiger partial charge < -0.3 is 4.42 Å². The molecule has 0 spiro atoms. The topological polar surface area (TPSA) is 86.9 Å². The summed E-state index contributed by atoms with van der Waals surface area (Å²) in [5, 5.41) is 16.6. The van der Waals surface area contributed by atoms with Gasteiger partial charge in [-0.2, -0.15) is 10.2 Å². The highest BCUT2D eigenvalue weighted by Gasteiger charge is 2.22. The summed E-state index contributed by atoms with van der Waals surface area (Å²) in [5.74, 6) is 0.224. The van der Waals surface area contributed by atoms with Crippen LogP contribution in [-0.2, 0) is 13.0 Å². The molecule has 30 heavy (non-hydrogen) atoms. The first-order valence-electron chi connectivity index (χ1n) is 8.73. The van der Waals surface area contributed by atoms with Crippen molar-refractivity contribution in [2.45, 2.75) is 39.7 Å². The molecule has 4 rings (SSSR count). The largest absolute Gasteiger partial charge is 0.419 e. The molecule has 0 radical (unpaired) electrons. The lowest BCUT2D eigenvalue weighted by Gasteiger charge is -2.06. The van der Waals surface area contributed by atoms with Crippen molar-refractivity contribution in [3.05, 3.63) is 45.8 Å². The fraction of sp³-hybridized carbons (Fsp3) is 0.353. The highest BCUT2D eigenvalue weighted by atomic mass is 35.5. The Balaban J connectivity index is 1.61. The number of hydrogen-bond acceptors (Lipinski definition) is 6. The Bertz CT molecular complexity index is 1220. The molecule has 0 aliphatic rings. The number of alkyl halides is 4. The Morgan fingerprint density at radius 1 is 1.07 bits per heavy atom. The lowest BCUT2D eigenvalue weighted by atomic mass is 10.3. The standard InChI is InChI=1S/C17H14ClF4N7O/c1-7-14(18)8(2)28(26-7)4-3-13-24-25-17(30-13)10-6-12-23-9(15(19)20)5-11(16(21)22)29(12)27-10/h5-6,15-16H,3-4H2,1-2H3. The molecule has 0 saturated carbocycles. The number of nitrogens with zero attached hydrogens (tertiary/aromatic N) is 7.